The van der Waals surface area contributed by atoms with E-state index < -0.39 is 0 Å². The number of rotatable bonds is 4. The smallest absolute Gasteiger partial charge is 0.247 e. The van der Waals surface area contributed by atoms with E-state index >= 15 is 0 Å². The fraction of sp³-hybridized carbons (Fsp3) is 0.286. The maximum atomic E-state index is 5.80. The molecule has 0 unspecified atom stereocenters. The lowest BCUT2D eigenvalue weighted by atomic mass is 9.90. The number of hydrogen-bond acceptors (Lipinski definition) is 10. The minimum absolute atomic E-state index is 0.180. The van der Waals surface area contributed by atoms with Gasteiger partial charge in [-0.25, -0.2) is 0 Å². The molecule has 32 heavy (non-hydrogen) atoms. The second-order valence-electron chi connectivity index (χ2n) is 7.59. The Bertz CT molecular complexity index is 1270. The van der Waals surface area contributed by atoms with Crippen molar-refractivity contribution >= 4 is 0 Å². The molecule has 0 spiro atoms. The van der Waals surface area contributed by atoms with E-state index in [-0.39, 0.29) is 12.8 Å². The third-order valence-electron chi connectivity index (χ3n) is 5.85. The molecule has 11 heteroatoms. The molecule has 11 nitrogen and oxygen atoms in total. The first-order valence-electron chi connectivity index (χ1n) is 10.1. The molecule has 162 valence electrons. The van der Waals surface area contributed by atoms with Crippen molar-refractivity contribution in [2.24, 2.45) is 0 Å². The number of nitrogens with zero attached hydrogens (tertiary/aromatic N) is 7. The third-order valence-corrected chi connectivity index (χ3v) is 5.85. The van der Waals surface area contributed by atoms with Gasteiger partial charge in [0.15, 0.2) is 17.3 Å². The summed E-state index contributed by atoms with van der Waals surface area (Å²) in [4.78, 5) is 2.21. The number of likely N-dealkylation sites (N-methyl/N-ethyl adjacent to an activating group) is 1. The molecular weight excluding hydrogens is 414 g/mol. The molecule has 0 bridgehead atoms. The molecule has 2 aliphatic rings. The van der Waals surface area contributed by atoms with Crippen LogP contribution < -0.4 is 14.2 Å². The molecule has 4 aromatic rings. The van der Waals surface area contributed by atoms with Gasteiger partial charge in [0.1, 0.15) is 6.04 Å². The maximum absolute atomic E-state index is 5.80. The molecule has 0 saturated carbocycles. The SMILES string of the molecule is COc1c2c(cc3c1[C@H](c1nnnn1-c1ccc(-c4nnco4)cc1)N(C)CC3)OCO2. The minimum Gasteiger partial charge on any atom is -0.492 e. The summed E-state index contributed by atoms with van der Waals surface area (Å²) in [5.41, 5.74) is 3.75. The van der Waals surface area contributed by atoms with Gasteiger partial charge in [-0.3, -0.25) is 4.90 Å². The van der Waals surface area contributed by atoms with E-state index in [1.54, 1.807) is 11.8 Å². The van der Waals surface area contributed by atoms with E-state index in [0.717, 1.165) is 35.3 Å². The van der Waals surface area contributed by atoms with Gasteiger partial charge in [0, 0.05) is 17.7 Å². The van der Waals surface area contributed by atoms with Crippen LogP contribution in [0.4, 0.5) is 0 Å². The van der Waals surface area contributed by atoms with Crippen molar-refractivity contribution in [1.29, 1.82) is 0 Å². The number of ether oxygens (including phenoxy) is 3. The minimum atomic E-state index is -0.228. The number of aromatic nitrogens is 6. The maximum Gasteiger partial charge on any atom is 0.247 e. The largest absolute Gasteiger partial charge is 0.492 e. The fourth-order valence-electron chi connectivity index (χ4n) is 4.35. The van der Waals surface area contributed by atoms with Gasteiger partial charge in [-0.15, -0.1) is 15.3 Å². The van der Waals surface area contributed by atoms with Crippen LogP contribution in [0.5, 0.6) is 17.2 Å². The van der Waals surface area contributed by atoms with Crippen molar-refractivity contribution in [1.82, 2.24) is 35.3 Å². The average molecular weight is 433 g/mol. The van der Waals surface area contributed by atoms with Crippen LogP contribution in [0.1, 0.15) is 23.0 Å². The molecule has 2 aromatic carbocycles. The molecule has 4 heterocycles. The van der Waals surface area contributed by atoms with Gasteiger partial charge in [0.25, 0.3) is 0 Å². The molecule has 0 radical (unpaired) electrons. The van der Waals surface area contributed by atoms with E-state index in [0.29, 0.717) is 29.0 Å². The zero-order valence-electron chi connectivity index (χ0n) is 17.4. The van der Waals surface area contributed by atoms with E-state index in [9.17, 15) is 0 Å². The monoisotopic (exact) mass is 433 g/mol. The van der Waals surface area contributed by atoms with Crippen LogP contribution in [0.3, 0.4) is 0 Å². The van der Waals surface area contributed by atoms with E-state index in [4.69, 9.17) is 18.6 Å². The van der Waals surface area contributed by atoms with Crippen LogP contribution in [-0.4, -0.2) is 62.8 Å². The molecule has 0 saturated heterocycles. The van der Waals surface area contributed by atoms with E-state index in [1.165, 1.54) is 6.39 Å². The van der Waals surface area contributed by atoms with E-state index in [1.807, 2.05) is 30.3 Å². The van der Waals surface area contributed by atoms with Crippen LogP contribution in [0.25, 0.3) is 17.1 Å². The molecule has 2 aromatic heterocycles. The van der Waals surface area contributed by atoms with Gasteiger partial charge in [-0.05, 0) is 59.8 Å². The molecule has 0 aliphatic carbocycles. The predicted molar refractivity (Wildman–Crippen MR) is 110 cm³/mol. The molecule has 2 aliphatic heterocycles. The molecule has 0 amide bonds. The molecule has 6 rings (SSSR count). The normalized spacial score (nSPS) is 17.4. The Hall–Kier alpha value is -3.99. The van der Waals surface area contributed by atoms with Gasteiger partial charge >= 0.3 is 0 Å². The quantitative estimate of drug-likeness (QED) is 0.474. The van der Waals surface area contributed by atoms with Crippen LogP contribution in [0, 0.1) is 0 Å². The lowest BCUT2D eigenvalue weighted by molar-refractivity contribution is 0.170. The molecule has 0 fully saturated rings. The van der Waals surface area contributed by atoms with Crippen LogP contribution in [0.2, 0.25) is 0 Å². The highest BCUT2D eigenvalue weighted by molar-refractivity contribution is 5.63. The summed E-state index contributed by atoms with van der Waals surface area (Å²) in [5, 5.41) is 20.3. The summed E-state index contributed by atoms with van der Waals surface area (Å²) in [6, 6.07) is 9.43. The lowest BCUT2D eigenvalue weighted by Crippen LogP contribution is -2.35. The van der Waals surface area contributed by atoms with Crippen molar-refractivity contribution in [2.75, 3.05) is 27.5 Å². The van der Waals surface area contributed by atoms with Gasteiger partial charge in [-0.2, -0.15) is 4.68 Å². The van der Waals surface area contributed by atoms with Gasteiger partial charge in [-0.1, -0.05) is 0 Å². The Morgan fingerprint density at radius 3 is 2.78 bits per heavy atom. The highest BCUT2D eigenvalue weighted by Gasteiger charge is 2.37. The topological polar surface area (TPSA) is 113 Å². The number of methoxy groups -OCH3 is 1. The van der Waals surface area contributed by atoms with Crippen molar-refractivity contribution in [3.8, 4) is 34.4 Å². The fourth-order valence-corrected chi connectivity index (χ4v) is 4.35. The van der Waals surface area contributed by atoms with Crippen molar-refractivity contribution in [3.63, 3.8) is 0 Å². The third kappa shape index (κ3) is 2.82. The summed E-state index contributed by atoms with van der Waals surface area (Å²) in [5.74, 6) is 3.12. The van der Waals surface area contributed by atoms with Crippen LogP contribution in [-0.2, 0) is 6.42 Å². The van der Waals surface area contributed by atoms with Gasteiger partial charge in [0.2, 0.25) is 24.8 Å². The Balaban J connectivity index is 1.45. The van der Waals surface area contributed by atoms with Gasteiger partial charge < -0.3 is 18.6 Å². The van der Waals surface area contributed by atoms with Gasteiger partial charge in [0.05, 0.1) is 12.8 Å². The average Bonchev–Trinajstić information content (AvgIpc) is 3.59. The zero-order valence-corrected chi connectivity index (χ0v) is 17.4. The number of fused-ring (bicyclic) bond motifs is 2. The summed E-state index contributed by atoms with van der Waals surface area (Å²) in [7, 11) is 3.69. The van der Waals surface area contributed by atoms with E-state index in [2.05, 4.69) is 37.7 Å². The number of tetrazole rings is 1. The van der Waals surface area contributed by atoms with Crippen molar-refractivity contribution in [3.05, 3.63) is 53.7 Å². The second kappa shape index (κ2) is 7.31. The summed E-state index contributed by atoms with van der Waals surface area (Å²) < 4.78 is 24.1. The van der Waals surface area contributed by atoms with Crippen LogP contribution in [0.15, 0.2) is 41.1 Å². The summed E-state index contributed by atoms with van der Waals surface area (Å²) in [6.07, 6.45) is 2.16. The summed E-state index contributed by atoms with van der Waals surface area (Å²) in [6.45, 7) is 1.02. The first-order chi connectivity index (χ1) is 15.7. The Morgan fingerprint density at radius 2 is 2.00 bits per heavy atom. The predicted octanol–water partition coefficient (Wildman–Crippen LogP) is 2.03. The van der Waals surface area contributed by atoms with Crippen molar-refractivity contribution < 1.29 is 18.6 Å². The lowest BCUT2D eigenvalue weighted by Gasteiger charge is -2.34. The molecule has 0 N–H and O–H groups in total. The molecule has 1 atom stereocenters. The second-order valence-corrected chi connectivity index (χ2v) is 7.59. The number of hydrogen-bond donors (Lipinski definition) is 0. The highest BCUT2D eigenvalue weighted by Crippen LogP contribution is 2.50. The zero-order chi connectivity index (χ0) is 21.7. The standard InChI is InChI=1S/C21H19N7O4/c1-27-8-7-13-9-15-18(32-11-31-15)19(29-2)16(13)17(27)20-23-25-26-28(20)14-5-3-12(4-6-14)21-24-22-10-30-21/h3-6,9-10,17H,7-8,11H2,1-2H3/t17-/m1/s1. The Morgan fingerprint density at radius 1 is 1.12 bits per heavy atom. The Labute approximate surface area is 182 Å². The summed E-state index contributed by atoms with van der Waals surface area (Å²) >= 11 is 0. The molecular formula is C21H19N7O4. The van der Waals surface area contributed by atoms with Crippen molar-refractivity contribution in [2.45, 2.75) is 12.5 Å². The Kier molecular flexibility index (Phi) is 4.28. The van der Waals surface area contributed by atoms with Crippen LogP contribution >= 0.6 is 0 Å². The first-order valence-corrected chi connectivity index (χ1v) is 10.1. The number of benzene rings is 2. The first kappa shape index (κ1) is 18.8. The highest BCUT2D eigenvalue weighted by atomic mass is 16.7.